The number of hydrogen-bond acceptors (Lipinski definition) is 4. The third-order valence-electron chi connectivity index (χ3n) is 2.55. The fraction of sp³-hybridized carbons (Fsp3) is 0.769. The summed E-state index contributed by atoms with van der Waals surface area (Å²) in [6.07, 6.45) is 1.23. The van der Waals surface area contributed by atoms with Crippen LogP contribution in [0.4, 0.5) is 0 Å². The Morgan fingerprint density at radius 1 is 1.47 bits per heavy atom. The van der Waals surface area contributed by atoms with E-state index in [4.69, 9.17) is 4.74 Å². The van der Waals surface area contributed by atoms with E-state index in [0.29, 0.717) is 0 Å². The Kier molecular flexibility index (Phi) is 5.56. The van der Waals surface area contributed by atoms with Crippen molar-refractivity contribution in [3.8, 4) is 0 Å². The number of rotatable bonds is 6. The summed E-state index contributed by atoms with van der Waals surface area (Å²) < 4.78 is 5.57. The fourth-order valence-corrected chi connectivity index (χ4v) is 2.88. The number of aromatic nitrogens is 1. The minimum absolute atomic E-state index is 0.0763. The lowest BCUT2D eigenvalue weighted by Gasteiger charge is -2.27. The van der Waals surface area contributed by atoms with Gasteiger partial charge < -0.3 is 10.1 Å². The first-order valence-corrected chi connectivity index (χ1v) is 7.04. The van der Waals surface area contributed by atoms with Gasteiger partial charge in [-0.3, -0.25) is 0 Å². The van der Waals surface area contributed by atoms with Crippen molar-refractivity contribution in [3.05, 3.63) is 16.1 Å². The van der Waals surface area contributed by atoms with Crippen LogP contribution in [0, 0.1) is 5.41 Å². The van der Waals surface area contributed by atoms with Crippen molar-refractivity contribution in [2.45, 2.75) is 46.8 Å². The van der Waals surface area contributed by atoms with Crippen LogP contribution in [0.1, 0.15) is 50.9 Å². The van der Waals surface area contributed by atoms with E-state index in [-0.39, 0.29) is 11.5 Å². The average molecular weight is 256 g/mol. The van der Waals surface area contributed by atoms with E-state index < -0.39 is 0 Å². The topological polar surface area (TPSA) is 34.1 Å². The molecule has 0 aliphatic rings. The molecule has 0 bridgehead atoms. The van der Waals surface area contributed by atoms with Gasteiger partial charge in [0.05, 0.1) is 5.69 Å². The van der Waals surface area contributed by atoms with Gasteiger partial charge in [-0.1, -0.05) is 27.7 Å². The normalized spacial score (nSPS) is 13.9. The number of nitrogens with one attached hydrogen (secondary N) is 1. The van der Waals surface area contributed by atoms with Gasteiger partial charge in [0.15, 0.2) is 0 Å². The molecule has 17 heavy (non-hydrogen) atoms. The molecule has 1 heterocycles. The molecule has 1 aromatic heterocycles. The number of methoxy groups -OCH3 is 1. The van der Waals surface area contributed by atoms with Gasteiger partial charge in [0.1, 0.15) is 11.1 Å². The maximum Gasteiger partial charge on any atom is 0.122 e. The monoisotopic (exact) mass is 256 g/mol. The van der Waals surface area contributed by atoms with Gasteiger partial charge in [-0.25, -0.2) is 4.98 Å². The first-order chi connectivity index (χ1) is 7.99. The summed E-state index contributed by atoms with van der Waals surface area (Å²) in [7, 11) is 1.76. The highest BCUT2D eigenvalue weighted by atomic mass is 32.1. The number of thiazole rings is 1. The Bertz CT molecular complexity index is 330. The smallest absolute Gasteiger partial charge is 0.122 e. The molecule has 0 aromatic carbocycles. The van der Waals surface area contributed by atoms with Crippen LogP contribution in [0.5, 0.6) is 0 Å². The molecule has 1 rings (SSSR count). The number of ether oxygens (including phenoxy) is 1. The summed E-state index contributed by atoms with van der Waals surface area (Å²) in [5.41, 5.74) is 1.20. The largest absolute Gasteiger partial charge is 0.374 e. The van der Waals surface area contributed by atoms with Crippen LogP contribution in [0.3, 0.4) is 0 Å². The van der Waals surface area contributed by atoms with Crippen LogP contribution in [0.15, 0.2) is 5.38 Å². The van der Waals surface area contributed by atoms with Gasteiger partial charge in [-0.05, 0) is 18.4 Å². The number of hydrogen-bond donors (Lipinski definition) is 1. The second-order valence-corrected chi connectivity index (χ2v) is 6.23. The predicted octanol–water partition coefficient (Wildman–Crippen LogP) is 3.38. The van der Waals surface area contributed by atoms with Crippen LogP contribution in [-0.4, -0.2) is 18.6 Å². The molecule has 0 radical (unpaired) electrons. The Labute approximate surface area is 109 Å². The van der Waals surface area contributed by atoms with E-state index in [1.807, 2.05) is 0 Å². The van der Waals surface area contributed by atoms with Crippen molar-refractivity contribution in [2.75, 3.05) is 13.7 Å². The van der Waals surface area contributed by atoms with Gasteiger partial charge in [0.25, 0.3) is 0 Å². The maximum atomic E-state index is 5.57. The van der Waals surface area contributed by atoms with Gasteiger partial charge in [-0.2, -0.15) is 0 Å². The summed E-state index contributed by atoms with van der Waals surface area (Å²) in [4.78, 5) is 4.65. The molecular formula is C13H24N2OS. The molecule has 3 nitrogen and oxygen atoms in total. The van der Waals surface area contributed by atoms with Crippen LogP contribution >= 0.6 is 11.3 Å². The highest BCUT2D eigenvalue weighted by Gasteiger charge is 2.28. The van der Waals surface area contributed by atoms with E-state index in [2.05, 4.69) is 43.4 Å². The average Bonchev–Trinajstić information content (AvgIpc) is 2.66. The molecule has 0 amide bonds. The quantitative estimate of drug-likeness (QED) is 0.792. The van der Waals surface area contributed by atoms with Crippen LogP contribution in [-0.2, 0) is 11.3 Å². The molecule has 1 N–H and O–H groups in total. The van der Waals surface area contributed by atoms with Crippen molar-refractivity contribution in [1.82, 2.24) is 10.3 Å². The van der Waals surface area contributed by atoms with Gasteiger partial charge in [0, 0.05) is 19.0 Å². The summed E-state index contributed by atoms with van der Waals surface area (Å²) >= 11 is 1.69. The first-order valence-electron chi connectivity index (χ1n) is 6.16. The maximum absolute atomic E-state index is 5.57. The predicted molar refractivity (Wildman–Crippen MR) is 73.3 cm³/mol. The molecule has 0 spiro atoms. The lowest BCUT2D eigenvalue weighted by atomic mass is 9.89. The van der Waals surface area contributed by atoms with E-state index in [9.17, 15) is 0 Å². The third-order valence-corrected chi connectivity index (χ3v) is 3.49. The molecule has 1 atom stereocenters. The second-order valence-electron chi connectivity index (χ2n) is 5.34. The molecule has 1 aromatic rings. The van der Waals surface area contributed by atoms with E-state index in [1.54, 1.807) is 18.4 Å². The molecule has 0 aliphatic carbocycles. The molecular weight excluding hydrogens is 232 g/mol. The highest BCUT2D eigenvalue weighted by Crippen LogP contribution is 2.36. The molecule has 0 saturated heterocycles. The highest BCUT2D eigenvalue weighted by molar-refractivity contribution is 7.09. The Morgan fingerprint density at radius 3 is 2.71 bits per heavy atom. The van der Waals surface area contributed by atoms with E-state index >= 15 is 0 Å². The van der Waals surface area contributed by atoms with Crippen molar-refractivity contribution < 1.29 is 4.74 Å². The molecule has 0 aliphatic heterocycles. The zero-order valence-corrected chi connectivity index (χ0v) is 12.4. The Hall–Kier alpha value is -0.450. The zero-order chi connectivity index (χ0) is 12.9. The lowest BCUT2D eigenvalue weighted by molar-refractivity contribution is 0.0149. The lowest BCUT2D eigenvalue weighted by Crippen LogP contribution is -2.20. The molecule has 0 fully saturated rings. The number of nitrogens with zero attached hydrogens (tertiary/aromatic N) is 1. The minimum atomic E-state index is 0.0763. The second kappa shape index (κ2) is 6.47. The molecule has 0 saturated carbocycles. The van der Waals surface area contributed by atoms with Crippen LogP contribution in [0.25, 0.3) is 0 Å². The standard InChI is InChI=1S/C13H24N2OS/c1-6-7-14-8-10-9-17-12(15-10)11(16-5)13(2,3)4/h9,11,14H,6-8H2,1-5H3. The molecule has 98 valence electrons. The van der Waals surface area contributed by atoms with Crippen LogP contribution < -0.4 is 5.32 Å². The Morgan fingerprint density at radius 2 is 2.18 bits per heavy atom. The van der Waals surface area contributed by atoms with Crippen LogP contribution in [0.2, 0.25) is 0 Å². The molecule has 4 heteroatoms. The SMILES string of the molecule is CCCNCc1csc(C(OC)C(C)(C)C)n1. The Balaban J connectivity index is 2.66. The van der Waals surface area contributed by atoms with Crippen molar-refractivity contribution >= 4 is 11.3 Å². The van der Waals surface area contributed by atoms with Gasteiger partial charge >= 0.3 is 0 Å². The van der Waals surface area contributed by atoms with Crippen molar-refractivity contribution in [1.29, 1.82) is 0 Å². The summed E-state index contributed by atoms with van der Waals surface area (Å²) in [5.74, 6) is 0. The zero-order valence-electron chi connectivity index (χ0n) is 11.5. The summed E-state index contributed by atoms with van der Waals surface area (Å²) in [6, 6.07) is 0. The molecule has 1 unspecified atom stereocenters. The van der Waals surface area contributed by atoms with Crippen molar-refractivity contribution in [3.63, 3.8) is 0 Å². The summed E-state index contributed by atoms with van der Waals surface area (Å²) in [6.45, 7) is 10.6. The van der Waals surface area contributed by atoms with Gasteiger partial charge in [0.2, 0.25) is 0 Å². The first kappa shape index (κ1) is 14.6. The van der Waals surface area contributed by atoms with E-state index in [1.165, 1.54) is 0 Å². The summed E-state index contributed by atoms with van der Waals surface area (Å²) in [5, 5.41) is 6.56. The fourth-order valence-electron chi connectivity index (χ4n) is 1.74. The van der Waals surface area contributed by atoms with E-state index in [0.717, 1.165) is 30.2 Å². The minimum Gasteiger partial charge on any atom is -0.374 e. The van der Waals surface area contributed by atoms with Crippen molar-refractivity contribution in [2.24, 2.45) is 5.41 Å². The third kappa shape index (κ3) is 4.37. The van der Waals surface area contributed by atoms with Gasteiger partial charge in [-0.15, -0.1) is 11.3 Å².